The van der Waals surface area contributed by atoms with Gasteiger partial charge in [0.2, 0.25) is 0 Å². The molecular formula is C22H25N3O. The van der Waals surface area contributed by atoms with Crippen molar-refractivity contribution in [1.82, 2.24) is 14.5 Å². The molecule has 2 aromatic carbocycles. The topological polar surface area (TPSA) is 41.3 Å². The molecule has 3 atom stereocenters. The highest BCUT2D eigenvalue weighted by Gasteiger charge is 2.46. The molecule has 4 heteroatoms. The van der Waals surface area contributed by atoms with Gasteiger partial charge in [0, 0.05) is 25.6 Å². The normalized spacial score (nSPS) is 25.4. The Kier molecular flexibility index (Phi) is 3.84. The molecule has 134 valence electrons. The second kappa shape index (κ2) is 6.22. The first-order valence-corrected chi connectivity index (χ1v) is 9.57. The number of rotatable bonds is 4. The fraction of sp³-hybridized carbons (Fsp3) is 0.409. The van der Waals surface area contributed by atoms with E-state index in [2.05, 4.69) is 64.9 Å². The minimum absolute atomic E-state index is 0.0867. The first-order valence-electron chi connectivity index (χ1n) is 9.57. The average molecular weight is 347 g/mol. The molecule has 2 aliphatic rings. The SMILES string of the molecule is Cc1ccc(Cn2c(CN3C[C@H]4C[C@H](O)[C@H]4C3)nc3ccccc32)cc1. The van der Waals surface area contributed by atoms with E-state index < -0.39 is 0 Å². The van der Waals surface area contributed by atoms with Gasteiger partial charge in [-0.15, -0.1) is 0 Å². The lowest BCUT2D eigenvalue weighted by Gasteiger charge is -2.35. The predicted molar refractivity (Wildman–Crippen MR) is 103 cm³/mol. The Bertz CT molecular complexity index is 930. The number of aliphatic hydroxyl groups is 1. The predicted octanol–water partition coefficient (Wildman–Crippen LogP) is 3.21. The summed E-state index contributed by atoms with van der Waals surface area (Å²) in [7, 11) is 0. The molecule has 0 amide bonds. The van der Waals surface area contributed by atoms with Crippen LogP contribution in [0.25, 0.3) is 11.0 Å². The van der Waals surface area contributed by atoms with Crippen LogP contribution in [0, 0.1) is 18.8 Å². The van der Waals surface area contributed by atoms with Crippen LogP contribution in [0.2, 0.25) is 0 Å². The number of likely N-dealkylation sites (tertiary alicyclic amines) is 1. The lowest BCUT2D eigenvalue weighted by molar-refractivity contribution is -0.00436. The quantitative estimate of drug-likeness (QED) is 0.788. The number of hydrogen-bond acceptors (Lipinski definition) is 3. The highest BCUT2D eigenvalue weighted by molar-refractivity contribution is 5.76. The van der Waals surface area contributed by atoms with Crippen molar-refractivity contribution in [3.63, 3.8) is 0 Å². The lowest BCUT2D eigenvalue weighted by Crippen LogP contribution is -2.39. The molecule has 0 bridgehead atoms. The van der Waals surface area contributed by atoms with E-state index in [0.29, 0.717) is 11.8 Å². The first-order chi connectivity index (χ1) is 12.7. The third kappa shape index (κ3) is 2.74. The van der Waals surface area contributed by atoms with Crippen LogP contribution >= 0.6 is 0 Å². The molecule has 1 saturated heterocycles. The maximum absolute atomic E-state index is 9.94. The van der Waals surface area contributed by atoms with Gasteiger partial charge in [0.1, 0.15) is 5.82 Å². The van der Waals surface area contributed by atoms with Crippen molar-refractivity contribution in [2.24, 2.45) is 11.8 Å². The molecule has 1 aromatic heterocycles. The fourth-order valence-electron chi connectivity index (χ4n) is 4.59. The minimum Gasteiger partial charge on any atom is -0.393 e. The summed E-state index contributed by atoms with van der Waals surface area (Å²) in [5.74, 6) is 2.28. The highest BCUT2D eigenvalue weighted by Crippen LogP contribution is 2.41. The van der Waals surface area contributed by atoms with Crippen LogP contribution in [0.15, 0.2) is 48.5 Å². The van der Waals surface area contributed by atoms with Gasteiger partial charge in [0.15, 0.2) is 0 Å². The Morgan fingerprint density at radius 2 is 1.85 bits per heavy atom. The van der Waals surface area contributed by atoms with Crippen LogP contribution in [-0.2, 0) is 13.1 Å². The fourth-order valence-corrected chi connectivity index (χ4v) is 4.59. The van der Waals surface area contributed by atoms with Crippen molar-refractivity contribution >= 4 is 11.0 Å². The maximum Gasteiger partial charge on any atom is 0.124 e. The number of para-hydroxylation sites is 2. The lowest BCUT2D eigenvalue weighted by atomic mass is 9.74. The van der Waals surface area contributed by atoms with Crippen LogP contribution in [0.4, 0.5) is 0 Å². The Morgan fingerprint density at radius 3 is 2.62 bits per heavy atom. The van der Waals surface area contributed by atoms with Gasteiger partial charge in [-0.1, -0.05) is 42.0 Å². The first kappa shape index (κ1) is 16.0. The van der Waals surface area contributed by atoms with Crippen LogP contribution in [0.1, 0.15) is 23.4 Å². The maximum atomic E-state index is 9.94. The van der Waals surface area contributed by atoms with Gasteiger partial charge in [0.25, 0.3) is 0 Å². The summed E-state index contributed by atoms with van der Waals surface area (Å²) in [6.45, 7) is 5.92. The zero-order valence-electron chi connectivity index (χ0n) is 15.2. The van der Waals surface area contributed by atoms with Crippen LogP contribution in [0.5, 0.6) is 0 Å². The molecule has 1 aliphatic carbocycles. The molecule has 1 N–H and O–H groups in total. The van der Waals surface area contributed by atoms with Crippen molar-refractivity contribution < 1.29 is 5.11 Å². The van der Waals surface area contributed by atoms with Crippen LogP contribution < -0.4 is 0 Å². The third-order valence-corrected chi connectivity index (χ3v) is 6.17. The Hall–Kier alpha value is -2.17. The molecule has 0 unspecified atom stereocenters. The standard InChI is InChI=1S/C22H25N3O/c1-15-6-8-16(9-7-15)11-25-20-5-3-2-4-19(20)23-22(25)14-24-12-17-10-21(26)18(17)13-24/h2-9,17-18,21,26H,10-14H2,1H3/t17-,18+,21+/m1/s1. The summed E-state index contributed by atoms with van der Waals surface area (Å²) >= 11 is 0. The summed E-state index contributed by atoms with van der Waals surface area (Å²) in [4.78, 5) is 7.41. The van der Waals surface area contributed by atoms with Crippen LogP contribution in [-0.4, -0.2) is 38.8 Å². The molecule has 2 fully saturated rings. The monoisotopic (exact) mass is 347 g/mol. The number of fused-ring (bicyclic) bond motifs is 2. The zero-order valence-corrected chi connectivity index (χ0v) is 15.2. The largest absolute Gasteiger partial charge is 0.393 e. The van der Waals surface area contributed by atoms with Crippen molar-refractivity contribution in [2.45, 2.75) is 32.5 Å². The molecule has 1 saturated carbocycles. The molecule has 3 aromatic rings. The molecule has 5 rings (SSSR count). The van der Waals surface area contributed by atoms with E-state index in [0.717, 1.165) is 43.9 Å². The number of benzene rings is 2. The van der Waals surface area contributed by atoms with Gasteiger partial charge in [-0.3, -0.25) is 4.90 Å². The second-order valence-electron chi connectivity index (χ2n) is 8.01. The molecule has 0 spiro atoms. The van der Waals surface area contributed by atoms with Gasteiger partial charge in [-0.25, -0.2) is 4.98 Å². The third-order valence-electron chi connectivity index (χ3n) is 6.17. The molecule has 2 heterocycles. The molecular weight excluding hydrogens is 322 g/mol. The Morgan fingerprint density at radius 1 is 1.04 bits per heavy atom. The van der Waals surface area contributed by atoms with Gasteiger partial charge in [0.05, 0.1) is 23.7 Å². The Labute approximate surface area is 154 Å². The average Bonchev–Trinajstić information content (AvgIpc) is 3.15. The number of aryl methyl sites for hydroxylation is 1. The van der Waals surface area contributed by atoms with E-state index in [-0.39, 0.29) is 6.10 Å². The van der Waals surface area contributed by atoms with E-state index in [1.54, 1.807) is 0 Å². The number of imidazole rings is 1. The van der Waals surface area contributed by atoms with Crippen molar-refractivity contribution in [3.05, 3.63) is 65.5 Å². The summed E-state index contributed by atoms with van der Waals surface area (Å²) in [5.41, 5.74) is 4.86. The van der Waals surface area contributed by atoms with E-state index in [1.807, 2.05) is 0 Å². The van der Waals surface area contributed by atoms with E-state index in [4.69, 9.17) is 4.98 Å². The number of aromatic nitrogens is 2. The van der Waals surface area contributed by atoms with Gasteiger partial charge < -0.3 is 9.67 Å². The molecule has 1 aliphatic heterocycles. The Balaban J connectivity index is 1.45. The number of hydrogen-bond donors (Lipinski definition) is 1. The van der Waals surface area contributed by atoms with E-state index in [9.17, 15) is 5.11 Å². The molecule has 26 heavy (non-hydrogen) atoms. The summed E-state index contributed by atoms with van der Waals surface area (Å²) < 4.78 is 2.36. The zero-order chi connectivity index (χ0) is 17.7. The van der Waals surface area contributed by atoms with Gasteiger partial charge in [-0.2, -0.15) is 0 Å². The van der Waals surface area contributed by atoms with Crippen LogP contribution in [0.3, 0.4) is 0 Å². The molecule has 0 radical (unpaired) electrons. The van der Waals surface area contributed by atoms with Crippen molar-refractivity contribution in [3.8, 4) is 0 Å². The smallest absolute Gasteiger partial charge is 0.124 e. The van der Waals surface area contributed by atoms with Crippen molar-refractivity contribution in [2.75, 3.05) is 13.1 Å². The second-order valence-corrected chi connectivity index (χ2v) is 8.01. The summed E-state index contributed by atoms with van der Waals surface area (Å²) in [5, 5.41) is 9.94. The van der Waals surface area contributed by atoms with Gasteiger partial charge in [-0.05, 0) is 37.0 Å². The minimum atomic E-state index is -0.0867. The highest BCUT2D eigenvalue weighted by atomic mass is 16.3. The van der Waals surface area contributed by atoms with Crippen molar-refractivity contribution in [1.29, 1.82) is 0 Å². The molecule has 4 nitrogen and oxygen atoms in total. The number of aliphatic hydroxyl groups excluding tert-OH is 1. The number of nitrogens with zero attached hydrogens (tertiary/aromatic N) is 3. The van der Waals surface area contributed by atoms with E-state index >= 15 is 0 Å². The van der Waals surface area contributed by atoms with E-state index in [1.165, 1.54) is 16.6 Å². The summed E-state index contributed by atoms with van der Waals surface area (Å²) in [6, 6.07) is 17.2. The summed E-state index contributed by atoms with van der Waals surface area (Å²) in [6.07, 6.45) is 0.886. The van der Waals surface area contributed by atoms with Gasteiger partial charge >= 0.3 is 0 Å².